The first-order chi connectivity index (χ1) is 20.3. The van der Waals surface area contributed by atoms with Gasteiger partial charge in [0.2, 0.25) is 22.3 Å². The maximum atomic E-state index is 13.6. The molecule has 0 saturated carbocycles. The standard InChI is InChI=1S/C28H36N4O5S.CH3NO2.ClH/c1-21-18-25-24-6-3-4-7-26(24)31(20-28(33)29-12-5-13-30-14-16-37-17-15-30)27(25)19-32(21)38(34,35)23-10-8-22(36-2)9-11-23;3-1-2-4;/h3-4,6-11,21H,5,12-20H2,1-2H3,(H,29,33);1,4H,(H,2,3);1H/t21-;;/m1../s1. The fourth-order valence-corrected chi connectivity index (χ4v) is 7.07. The number of benzene rings is 2. The molecule has 14 heteroatoms. The molecular weight excluding hydrogens is 598 g/mol. The minimum atomic E-state index is -3.74. The van der Waals surface area contributed by atoms with Gasteiger partial charge in [0, 0.05) is 42.3 Å². The summed E-state index contributed by atoms with van der Waals surface area (Å²) in [5.41, 5.74) is 4.20. The largest absolute Gasteiger partial charge is 0.497 e. The van der Waals surface area contributed by atoms with E-state index in [1.165, 1.54) is 5.48 Å². The van der Waals surface area contributed by atoms with Gasteiger partial charge in [0.25, 0.3) is 0 Å². The number of carbonyl (C=O) groups excluding carboxylic acids is 2. The van der Waals surface area contributed by atoms with Crippen molar-refractivity contribution >= 4 is 45.7 Å². The molecule has 236 valence electrons. The minimum Gasteiger partial charge on any atom is -0.497 e. The van der Waals surface area contributed by atoms with Gasteiger partial charge in [-0.1, -0.05) is 18.2 Å². The molecule has 3 aromatic rings. The molecule has 2 aliphatic rings. The summed E-state index contributed by atoms with van der Waals surface area (Å²) in [6.07, 6.45) is 1.64. The van der Waals surface area contributed by atoms with Crippen molar-refractivity contribution in [2.75, 3.05) is 46.5 Å². The molecule has 0 radical (unpaired) electrons. The summed E-state index contributed by atoms with van der Waals surface area (Å²) >= 11 is 0. The molecule has 0 bridgehead atoms. The number of hydrogen-bond acceptors (Lipinski definition) is 8. The van der Waals surface area contributed by atoms with Gasteiger partial charge in [0.1, 0.15) is 12.3 Å². The minimum absolute atomic E-state index is 0. The molecule has 0 spiro atoms. The van der Waals surface area contributed by atoms with Gasteiger partial charge in [-0.15, -0.1) is 12.4 Å². The zero-order valence-corrected chi connectivity index (χ0v) is 26.0. The quantitative estimate of drug-likeness (QED) is 0.133. The average molecular weight is 638 g/mol. The lowest BCUT2D eigenvalue weighted by molar-refractivity contribution is -0.121. The average Bonchev–Trinajstić information content (AvgIpc) is 3.31. The summed E-state index contributed by atoms with van der Waals surface area (Å²) in [4.78, 5) is 24.4. The Bertz CT molecular complexity index is 1460. The van der Waals surface area contributed by atoms with Crippen LogP contribution in [0, 0.1) is 0 Å². The predicted octanol–water partition coefficient (Wildman–Crippen LogP) is 2.17. The molecule has 1 saturated heterocycles. The first-order valence-electron chi connectivity index (χ1n) is 13.9. The van der Waals surface area contributed by atoms with Crippen molar-refractivity contribution in [3.8, 4) is 5.75 Å². The molecule has 5 rings (SSSR count). The third-order valence-corrected chi connectivity index (χ3v) is 9.56. The van der Waals surface area contributed by atoms with Gasteiger partial charge in [-0.2, -0.15) is 4.31 Å². The maximum Gasteiger partial charge on any atom is 0.243 e. The molecule has 2 aromatic carbocycles. The Hall–Kier alpha value is -3.20. The summed E-state index contributed by atoms with van der Waals surface area (Å²) in [5, 5.41) is 11.4. The molecular formula is C29H40ClN5O7S. The lowest BCUT2D eigenvalue weighted by Gasteiger charge is -2.33. The Morgan fingerprint density at radius 1 is 1.14 bits per heavy atom. The number of ether oxygens (including phenoxy) is 2. The van der Waals surface area contributed by atoms with E-state index in [9.17, 15) is 13.2 Å². The van der Waals surface area contributed by atoms with Crippen LogP contribution in [0.1, 0.15) is 24.6 Å². The second-order valence-corrected chi connectivity index (χ2v) is 12.1. The van der Waals surface area contributed by atoms with Crippen LogP contribution < -0.4 is 15.5 Å². The monoisotopic (exact) mass is 637 g/mol. The Labute approximate surface area is 258 Å². The van der Waals surface area contributed by atoms with Crippen LogP contribution in [0.2, 0.25) is 0 Å². The van der Waals surface area contributed by atoms with Crippen molar-refractivity contribution in [3.05, 3.63) is 59.8 Å². The van der Waals surface area contributed by atoms with Gasteiger partial charge in [-0.3, -0.25) is 19.7 Å². The molecule has 2 aliphatic heterocycles. The predicted molar refractivity (Wildman–Crippen MR) is 164 cm³/mol. The topological polar surface area (TPSA) is 142 Å². The summed E-state index contributed by atoms with van der Waals surface area (Å²) in [6.45, 7) is 7.24. The van der Waals surface area contributed by atoms with Crippen LogP contribution in [0.15, 0.2) is 53.4 Å². The van der Waals surface area contributed by atoms with Crippen LogP contribution in [-0.4, -0.2) is 92.3 Å². The number of sulfonamides is 1. The molecule has 3 heterocycles. The van der Waals surface area contributed by atoms with E-state index in [-0.39, 0.29) is 48.8 Å². The number of fused-ring (bicyclic) bond motifs is 3. The third kappa shape index (κ3) is 8.25. The Morgan fingerprint density at radius 2 is 1.81 bits per heavy atom. The van der Waals surface area contributed by atoms with Crippen LogP contribution in [-0.2, 0) is 43.9 Å². The normalized spacial score (nSPS) is 17.1. The van der Waals surface area contributed by atoms with Crippen molar-refractivity contribution in [2.45, 2.75) is 43.8 Å². The van der Waals surface area contributed by atoms with Crippen molar-refractivity contribution in [2.24, 2.45) is 0 Å². The first-order valence-corrected chi connectivity index (χ1v) is 15.4. The number of nitrogens with one attached hydrogen (secondary N) is 2. The third-order valence-electron chi connectivity index (χ3n) is 7.59. The van der Waals surface area contributed by atoms with Crippen molar-refractivity contribution in [3.63, 3.8) is 0 Å². The first kappa shape index (κ1) is 34.3. The fourth-order valence-electron chi connectivity index (χ4n) is 5.48. The highest BCUT2D eigenvalue weighted by Crippen LogP contribution is 2.35. The molecule has 3 N–H and O–H groups in total. The van der Waals surface area contributed by atoms with E-state index in [0.29, 0.717) is 18.7 Å². The van der Waals surface area contributed by atoms with Gasteiger partial charge < -0.3 is 19.4 Å². The number of nitrogens with zero attached hydrogens (tertiary/aromatic N) is 3. The van der Waals surface area contributed by atoms with Gasteiger partial charge in [-0.05, 0) is 62.2 Å². The van der Waals surface area contributed by atoms with Crippen LogP contribution in [0.3, 0.4) is 0 Å². The number of carbonyl (C=O) groups is 2. The SMILES string of the molecule is COc1ccc(S(=O)(=O)N2Cc3c(c4ccccc4n3CC(=O)NCCCN3CCOCC3)C[C@H]2C)cc1.Cl.O=CNO. The lowest BCUT2D eigenvalue weighted by atomic mass is 10.00. The molecule has 1 aromatic heterocycles. The molecule has 2 amide bonds. The summed E-state index contributed by atoms with van der Waals surface area (Å²) < 4.78 is 41.4. The Balaban J connectivity index is 0.000000954. The smallest absolute Gasteiger partial charge is 0.243 e. The molecule has 1 fully saturated rings. The van der Waals surface area contributed by atoms with E-state index >= 15 is 0 Å². The number of rotatable bonds is 10. The van der Waals surface area contributed by atoms with Gasteiger partial charge in [-0.25, -0.2) is 13.9 Å². The number of hydrogen-bond donors (Lipinski definition) is 3. The van der Waals surface area contributed by atoms with Gasteiger partial charge >= 0.3 is 0 Å². The number of halogens is 1. The number of para-hydroxylation sites is 1. The lowest BCUT2D eigenvalue weighted by Crippen LogP contribution is -2.43. The van der Waals surface area contributed by atoms with E-state index in [1.807, 2.05) is 29.7 Å². The van der Waals surface area contributed by atoms with E-state index in [4.69, 9.17) is 19.5 Å². The van der Waals surface area contributed by atoms with Crippen LogP contribution in [0.4, 0.5) is 0 Å². The highest BCUT2D eigenvalue weighted by molar-refractivity contribution is 7.89. The van der Waals surface area contributed by atoms with Crippen LogP contribution in [0.25, 0.3) is 10.9 Å². The Kier molecular flexibility index (Phi) is 12.8. The zero-order valence-electron chi connectivity index (χ0n) is 24.4. The van der Waals surface area contributed by atoms with Crippen molar-refractivity contribution < 1.29 is 32.7 Å². The summed E-state index contributed by atoms with van der Waals surface area (Å²) in [7, 11) is -2.19. The molecule has 0 unspecified atom stereocenters. The van der Waals surface area contributed by atoms with Crippen molar-refractivity contribution in [1.82, 2.24) is 24.6 Å². The second-order valence-electron chi connectivity index (χ2n) is 10.2. The van der Waals surface area contributed by atoms with E-state index in [2.05, 4.69) is 16.3 Å². The van der Waals surface area contributed by atoms with E-state index in [0.717, 1.165) is 61.4 Å². The molecule has 12 nitrogen and oxygen atoms in total. The molecule has 0 aliphatic carbocycles. The zero-order chi connectivity index (χ0) is 30.1. The molecule has 1 atom stereocenters. The van der Waals surface area contributed by atoms with E-state index < -0.39 is 10.0 Å². The number of methoxy groups -OCH3 is 1. The maximum absolute atomic E-state index is 13.6. The highest BCUT2D eigenvalue weighted by Gasteiger charge is 2.36. The summed E-state index contributed by atoms with van der Waals surface area (Å²) in [6, 6.07) is 14.3. The van der Waals surface area contributed by atoms with E-state index in [1.54, 1.807) is 35.7 Å². The number of hydroxylamine groups is 1. The van der Waals surface area contributed by atoms with Gasteiger partial charge in [0.15, 0.2) is 0 Å². The summed E-state index contributed by atoms with van der Waals surface area (Å²) in [5.74, 6) is 0.535. The van der Waals surface area contributed by atoms with Crippen LogP contribution >= 0.6 is 12.4 Å². The highest BCUT2D eigenvalue weighted by atomic mass is 35.5. The number of morpholine rings is 1. The van der Waals surface area contributed by atoms with Gasteiger partial charge in [0.05, 0.1) is 31.8 Å². The van der Waals surface area contributed by atoms with Crippen molar-refractivity contribution in [1.29, 1.82) is 0 Å². The van der Waals surface area contributed by atoms with Crippen LogP contribution in [0.5, 0.6) is 5.75 Å². The fraction of sp³-hybridized carbons (Fsp3) is 0.448. The molecule has 43 heavy (non-hydrogen) atoms. The Morgan fingerprint density at radius 3 is 2.47 bits per heavy atom. The number of aromatic nitrogens is 1. The number of amides is 2. The second kappa shape index (κ2) is 16.0.